The van der Waals surface area contributed by atoms with Crippen LogP contribution in [-0.2, 0) is 19.3 Å². The molecule has 0 aliphatic rings. The number of aromatic nitrogens is 2. The Hall–Kier alpha value is -2.25. The first-order valence-corrected chi connectivity index (χ1v) is 8.07. The van der Waals surface area contributed by atoms with E-state index in [1.54, 1.807) is 18.5 Å². The van der Waals surface area contributed by atoms with Gasteiger partial charge in [-0.25, -0.2) is 4.98 Å². The van der Waals surface area contributed by atoms with Crippen molar-refractivity contribution in [2.75, 3.05) is 0 Å². The van der Waals surface area contributed by atoms with Crippen molar-refractivity contribution in [3.63, 3.8) is 0 Å². The molecule has 0 saturated heterocycles. The Bertz CT molecular complexity index is 800. The molecule has 0 spiro atoms. The molecule has 1 aromatic carbocycles. The molecule has 7 heteroatoms. The maximum Gasteiger partial charge on any atom is 0.416 e. The van der Waals surface area contributed by atoms with Crippen molar-refractivity contribution in [2.45, 2.75) is 19.3 Å². The third-order valence-electron chi connectivity index (χ3n) is 3.33. The van der Waals surface area contributed by atoms with Crippen molar-refractivity contribution >= 4 is 11.3 Å². The molecule has 1 N–H and O–H groups in total. The summed E-state index contributed by atoms with van der Waals surface area (Å²) in [6.45, 7) is 0.843. The van der Waals surface area contributed by atoms with Gasteiger partial charge in [0.1, 0.15) is 5.01 Å². The van der Waals surface area contributed by atoms with E-state index in [0.717, 1.165) is 27.7 Å². The van der Waals surface area contributed by atoms with Crippen molar-refractivity contribution in [1.82, 2.24) is 15.3 Å². The molecule has 2 aromatic heterocycles. The summed E-state index contributed by atoms with van der Waals surface area (Å²) in [5.41, 5.74) is 0.818. The Labute approximate surface area is 141 Å². The lowest BCUT2D eigenvalue weighted by Crippen LogP contribution is -2.13. The highest BCUT2D eigenvalue weighted by Gasteiger charge is 2.30. The van der Waals surface area contributed by atoms with E-state index < -0.39 is 11.7 Å². The lowest BCUT2D eigenvalue weighted by molar-refractivity contribution is -0.137. The summed E-state index contributed by atoms with van der Waals surface area (Å²) >= 11 is 1.51. The minimum atomic E-state index is -4.32. The van der Waals surface area contributed by atoms with Crippen LogP contribution in [-0.4, -0.2) is 9.97 Å². The van der Waals surface area contributed by atoms with Gasteiger partial charge >= 0.3 is 6.18 Å². The zero-order valence-corrected chi connectivity index (χ0v) is 13.4. The molecule has 0 amide bonds. The Morgan fingerprint density at radius 3 is 2.62 bits per heavy atom. The molecule has 0 fully saturated rings. The van der Waals surface area contributed by atoms with E-state index >= 15 is 0 Å². The molecule has 0 atom stereocenters. The Morgan fingerprint density at radius 1 is 1.00 bits per heavy atom. The minimum Gasteiger partial charge on any atom is -0.306 e. The maximum atomic E-state index is 12.7. The first-order valence-electron chi connectivity index (χ1n) is 7.25. The van der Waals surface area contributed by atoms with Gasteiger partial charge in [-0.1, -0.05) is 24.3 Å². The summed E-state index contributed by atoms with van der Waals surface area (Å²) in [6.07, 6.45) is -0.836. The fraction of sp³-hybridized carbons (Fsp3) is 0.176. The summed E-state index contributed by atoms with van der Waals surface area (Å²) in [4.78, 5) is 9.55. The maximum absolute atomic E-state index is 12.7. The largest absolute Gasteiger partial charge is 0.416 e. The first kappa shape index (κ1) is 16.6. The van der Waals surface area contributed by atoms with Crippen LogP contribution in [0.25, 0.3) is 10.6 Å². The number of rotatable bonds is 5. The summed E-state index contributed by atoms with van der Waals surface area (Å²) in [5.74, 6) is 0. The lowest BCUT2D eigenvalue weighted by atomic mass is 10.1. The smallest absolute Gasteiger partial charge is 0.306 e. The number of hydrogen-bond acceptors (Lipinski definition) is 4. The van der Waals surface area contributed by atoms with Gasteiger partial charge in [0.25, 0.3) is 0 Å². The van der Waals surface area contributed by atoms with Gasteiger partial charge in [-0.3, -0.25) is 4.98 Å². The summed E-state index contributed by atoms with van der Waals surface area (Å²) in [7, 11) is 0. The van der Waals surface area contributed by atoms with E-state index in [4.69, 9.17) is 0 Å². The van der Waals surface area contributed by atoms with Gasteiger partial charge in [0.2, 0.25) is 0 Å². The van der Waals surface area contributed by atoms with Crippen LogP contribution in [0.1, 0.15) is 16.1 Å². The van der Waals surface area contributed by atoms with Crippen molar-refractivity contribution in [1.29, 1.82) is 0 Å². The van der Waals surface area contributed by atoms with Crippen LogP contribution in [0.5, 0.6) is 0 Å². The molecule has 3 rings (SSSR count). The minimum absolute atomic E-state index is 0.350. The van der Waals surface area contributed by atoms with Gasteiger partial charge < -0.3 is 5.32 Å². The number of pyridine rings is 1. The molecule has 0 radical (unpaired) electrons. The highest BCUT2D eigenvalue weighted by molar-refractivity contribution is 7.15. The molecule has 124 valence electrons. The summed E-state index contributed by atoms with van der Waals surface area (Å²) < 4.78 is 38.1. The van der Waals surface area contributed by atoms with E-state index in [0.29, 0.717) is 18.7 Å². The van der Waals surface area contributed by atoms with E-state index in [1.807, 2.05) is 18.2 Å². The third kappa shape index (κ3) is 4.18. The van der Waals surface area contributed by atoms with Crippen molar-refractivity contribution < 1.29 is 13.2 Å². The first-order chi connectivity index (χ1) is 11.5. The lowest BCUT2D eigenvalue weighted by Gasteiger charge is -2.09. The van der Waals surface area contributed by atoms with Crippen molar-refractivity contribution in [3.05, 3.63) is 71.0 Å². The summed E-state index contributed by atoms with van der Waals surface area (Å²) in [6, 6.07) is 11.0. The van der Waals surface area contributed by atoms with E-state index in [1.165, 1.54) is 17.4 Å². The van der Waals surface area contributed by atoms with Gasteiger partial charge in [-0.2, -0.15) is 13.2 Å². The molecule has 0 bridgehead atoms. The van der Waals surface area contributed by atoms with E-state index in [2.05, 4.69) is 15.3 Å². The van der Waals surface area contributed by atoms with Gasteiger partial charge in [-0.15, -0.1) is 11.3 Å². The average Bonchev–Trinajstić information content (AvgIpc) is 3.04. The molecule has 0 saturated carbocycles. The number of nitrogens with zero attached hydrogens (tertiary/aromatic N) is 2. The van der Waals surface area contributed by atoms with Gasteiger partial charge in [-0.05, 0) is 23.8 Å². The van der Waals surface area contributed by atoms with Crippen molar-refractivity contribution in [3.8, 4) is 10.6 Å². The zero-order chi connectivity index (χ0) is 17.0. The SMILES string of the molecule is FC(F)(F)c1cccc(CNCc2ncc(-c3ccccn3)s2)c1. The molecule has 24 heavy (non-hydrogen) atoms. The van der Waals surface area contributed by atoms with Gasteiger partial charge in [0, 0.05) is 25.5 Å². The second kappa shape index (κ2) is 7.11. The molecule has 0 aliphatic heterocycles. The number of halogens is 3. The van der Waals surface area contributed by atoms with Crippen LogP contribution in [0.3, 0.4) is 0 Å². The normalized spacial score (nSPS) is 11.6. The third-order valence-corrected chi connectivity index (χ3v) is 4.35. The van der Waals surface area contributed by atoms with Crippen LogP contribution in [0.4, 0.5) is 13.2 Å². The standard InChI is InChI=1S/C17H14F3N3S/c18-17(19,20)13-5-3-4-12(8-13)9-21-11-16-23-10-15(24-16)14-6-1-2-7-22-14/h1-8,10,21H,9,11H2. The fourth-order valence-electron chi connectivity index (χ4n) is 2.19. The second-order valence-corrected chi connectivity index (χ2v) is 6.25. The molecular weight excluding hydrogens is 335 g/mol. The predicted molar refractivity (Wildman–Crippen MR) is 87.3 cm³/mol. The van der Waals surface area contributed by atoms with E-state index in [9.17, 15) is 13.2 Å². The molecule has 3 nitrogen and oxygen atoms in total. The number of alkyl halides is 3. The highest BCUT2D eigenvalue weighted by Crippen LogP contribution is 2.29. The van der Waals surface area contributed by atoms with Crippen LogP contribution in [0.2, 0.25) is 0 Å². The Morgan fingerprint density at radius 2 is 1.88 bits per heavy atom. The van der Waals surface area contributed by atoms with Crippen LogP contribution >= 0.6 is 11.3 Å². The molecule has 3 aromatic rings. The number of thiazole rings is 1. The Balaban J connectivity index is 1.59. The average molecular weight is 349 g/mol. The molecule has 0 unspecified atom stereocenters. The van der Waals surface area contributed by atoms with Gasteiger partial charge in [0.15, 0.2) is 0 Å². The topological polar surface area (TPSA) is 37.8 Å². The molecule has 2 heterocycles. The Kier molecular flexibility index (Phi) is 4.92. The van der Waals surface area contributed by atoms with Crippen LogP contribution in [0.15, 0.2) is 54.9 Å². The molecular formula is C17H14F3N3S. The highest BCUT2D eigenvalue weighted by atomic mass is 32.1. The number of benzene rings is 1. The monoisotopic (exact) mass is 349 g/mol. The number of nitrogens with one attached hydrogen (secondary N) is 1. The van der Waals surface area contributed by atoms with E-state index in [-0.39, 0.29) is 0 Å². The second-order valence-electron chi connectivity index (χ2n) is 5.13. The fourth-order valence-corrected chi connectivity index (χ4v) is 3.05. The zero-order valence-electron chi connectivity index (χ0n) is 12.5. The van der Waals surface area contributed by atoms with Gasteiger partial charge in [0.05, 0.1) is 16.1 Å². The molecule has 0 aliphatic carbocycles. The predicted octanol–water partition coefficient (Wildman–Crippen LogP) is 4.51. The summed E-state index contributed by atoms with van der Waals surface area (Å²) in [5, 5.41) is 3.99. The van der Waals surface area contributed by atoms with Crippen LogP contribution < -0.4 is 5.32 Å². The van der Waals surface area contributed by atoms with Crippen LogP contribution in [0, 0.1) is 0 Å². The quantitative estimate of drug-likeness (QED) is 0.736. The number of hydrogen-bond donors (Lipinski definition) is 1. The van der Waals surface area contributed by atoms with Crippen molar-refractivity contribution in [2.24, 2.45) is 0 Å².